The van der Waals surface area contributed by atoms with Gasteiger partial charge in [0.25, 0.3) is 0 Å². The number of fused-ring (bicyclic) bond motifs is 3. The van der Waals surface area contributed by atoms with Gasteiger partial charge < -0.3 is 14.2 Å². The molecule has 0 amide bonds. The molecule has 0 spiro atoms. The van der Waals surface area contributed by atoms with E-state index in [1.54, 1.807) is 7.11 Å². The summed E-state index contributed by atoms with van der Waals surface area (Å²) >= 11 is 0. The van der Waals surface area contributed by atoms with Crippen molar-refractivity contribution in [3.05, 3.63) is 66.5 Å². The second-order valence-corrected chi connectivity index (χ2v) is 7.99. The second kappa shape index (κ2) is 8.00. The highest BCUT2D eigenvalue weighted by Crippen LogP contribution is 2.29. The van der Waals surface area contributed by atoms with Crippen molar-refractivity contribution in [3.63, 3.8) is 0 Å². The Morgan fingerprint density at radius 3 is 2.50 bits per heavy atom. The average Bonchev–Trinajstić information content (AvgIpc) is 3.14. The lowest BCUT2D eigenvalue weighted by atomic mass is 10.1. The van der Waals surface area contributed by atoms with Crippen molar-refractivity contribution in [3.8, 4) is 5.75 Å². The molecule has 0 N–H and O–H groups in total. The predicted molar refractivity (Wildman–Crippen MR) is 124 cm³/mol. The smallest absolute Gasteiger partial charge is 0.142 e. The summed E-state index contributed by atoms with van der Waals surface area (Å²) in [6, 6.07) is 21.2. The van der Waals surface area contributed by atoms with Gasteiger partial charge in [-0.05, 0) is 23.6 Å². The summed E-state index contributed by atoms with van der Waals surface area (Å²) in [6.45, 7) is 5.20. The molecule has 4 aromatic rings. The quantitative estimate of drug-likeness (QED) is 0.505. The van der Waals surface area contributed by atoms with E-state index < -0.39 is 0 Å². The van der Waals surface area contributed by atoms with Crippen molar-refractivity contribution in [2.45, 2.75) is 6.42 Å². The van der Waals surface area contributed by atoms with Gasteiger partial charge in [-0.25, -0.2) is 4.98 Å². The summed E-state index contributed by atoms with van der Waals surface area (Å²) in [6.07, 6.45) is 0.966. The molecule has 3 aromatic carbocycles. The molecule has 0 atom stereocenters. The zero-order chi connectivity index (χ0) is 20.5. The molecule has 0 radical (unpaired) electrons. The van der Waals surface area contributed by atoms with Crippen LogP contribution in [0.15, 0.2) is 60.7 Å². The fraction of sp³-hybridized carbons (Fsp3) is 0.320. The number of rotatable bonds is 5. The van der Waals surface area contributed by atoms with E-state index in [0.29, 0.717) is 0 Å². The summed E-state index contributed by atoms with van der Waals surface area (Å²) in [5, 5.41) is 2.55. The normalized spacial score (nSPS) is 15.2. The van der Waals surface area contributed by atoms with Crippen LogP contribution < -0.4 is 9.64 Å². The summed E-state index contributed by atoms with van der Waals surface area (Å²) in [5.41, 5.74) is 3.53. The first-order valence-electron chi connectivity index (χ1n) is 10.7. The molecule has 5 nitrogen and oxygen atoms in total. The molecule has 1 fully saturated rings. The van der Waals surface area contributed by atoms with Crippen LogP contribution in [0.5, 0.6) is 5.75 Å². The first kappa shape index (κ1) is 18.9. The Bertz CT molecular complexity index is 1170. The number of hydrogen-bond acceptors (Lipinski definition) is 4. The molecule has 0 bridgehead atoms. The number of aryl methyl sites for hydroxylation is 1. The van der Waals surface area contributed by atoms with E-state index in [2.05, 4.69) is 69.9 Å². The SMILES string of the molecule is COc1ccccc1N1CCN(CCc2nc3ccc4ccccc4c3n2C)CC1. The van der Waals surface area contributed by atoms with Crippen LogP contribution in [-0.4, -0.2) is 54.3 Å². The molecule has 30 heavy (non-hydrogen) atoms. The largest absolute Gasteiger partial charge is 0.495 e. The molecule has 1 saturated heterocycles. The maximum absolute atomic E-state index is 5.54. The fourth-order valence-corrected chi connectivity index (χ4v) is 4.61. The van der Waals surface area contributed by atoms with Gasteiger partial charge in [-0.3, -0.25) is 4.90 Å². The first-order chi connectivity index (χ1) is 14.7. The predicted octanol–water partition coefficient (Wildman–Crippen LogP) is 4.10. The van der Waals surface area contributed by atoms with E-state index in [1.165, 1.54) is 22.0 Å². The van der Waals surface area contributed by atoms with Gasteiger partial charge in [-0.2, -0.15) is 0 Å². The zero-order valence-corrected chi connectivity index (χ0v) is 17.7. The lowest BCUT2D eigenvalue weighted by Crippen LogP contribution is -2.47. The molecule has 1 aliphatic rings. The van der Waals surface area contributed by atoms with E-state index in [1.807, 2.05) is 12.1 Å². The van der Waals surface area contributed by atoms with Crippen LogP contribution in [0, 0.1) is 0 Å². The average molecular weight is 401 g/mol. The maximum Gasteiger partial charge on any atom is 0.142 e. The van der Waals surface area contributed by atoms with Gasteiger partial charge in [-0.15, -0.1) is 0 Å². The number of benzene rings is 3. The lowest BCUT2D eigenvalue weighted by Gasteiger charge is -2.36. The summed E-state index contributed by atoms with van der Waals surface area (Å²) in [7, 11) is 3.89. The van der Waals surface area contributed by atoms with Crippen LogP contribution in [0.2, 0.25) is 0 Å². The van der Waals surface area contributed by atoms with Gasteiger partial charge in [0.05, 0.1) is 23.8 Å². The standard InChI is InChI=1S/C25H28N4O/c1-27-24(26-21-12-11-19-7-3-4-8-20(19)25(21)27)13-14-28-15-17-29(18-16-28)22-9-5-6-10-23(22)30-2/h3-12H,13-18H2,1-2H3. The van der Waals surface area contributed by atoms with Crippen LogP contribution in [0.3, 0.4) is 0 Å². The molecule has 1 aliphatic heterocycles. The van der Waals surface area contributed by atoms with E-state index in [-0.39, 0.29) is 0 Å². The minimum Gasteiger partial charge on any atom is -0.495 e. The van der Waals surface area contributed by atoms with Crippen LogP contribution in [-0.2, 0) is 13.5 Å². The molecule has 154 valence electrons. The Morgan fingerprint density at radius 1 is 0.900 bits per heavy atom. The van der Waals surface area contributed by atoms with E-state index in [9.17, 15) is 0 Å². The van der Waals surface area contributed by atoms with Crippen molar-refractivity contribution >= 4 is 27.5 Å². The molecule has 0 unspecified atom stereocenters. The Hall–Kier alpha value is -3.05. The van der Waals surface area contributed by atoms with E-state index in [4.69, 9.17) is 9.72 Å². The third-order valence-corrected chi connectivity index (χ3v) is 6.30. The number of anilines is 1. The number of methoxy groups -OCH3 is 1. The molecule has 0 saturated carbocycles. The Balaban J connectivity index is 1.27. The highest BCUT2D eigenvalue weighted by Gasteiger charge is 2.20. The third-order valence-electron chi connectivity index (χ3n) is 6.30. The Kier molecular flexibility index (Phi) is 5.05. The van der Waals surface area contributed by atoms with Crippen molar-refractivity contribution in [2.75, 3.05) is 44.7 Å². The number of nitrogens with zero attached hydrogens (tertiary/aromatic N) is 4. The van der Waals surface area contributed by atoms with Gasteiger partial charge in [0.1, 0.15) is 11.6 Å². The zero-order valence-electron chi connectivity index (χ0n) is 17.7. The fourth-order valence-electron chi connectivity index (χ4n) is 4.61. The molecule has 2 heterocycles. The Morgan fingerprint density at radius 2 is 1.67 bits per heavy atom. The summed E-state index contributed by atoms with van der Waals surface area (Å²) < 4.78 is 7.82. The van der Waals surface area contributed by atoms with Crippen LogP contribution in [0.1, 0.15) is 5.82 Å². The second-order valence-electron chi connectivity index (χ2n) is 7.99. The van der Waals surface area contributed by atoms with Crippen LogP contribution in [0.4, 0.5) is 5.69 Å². The minimum atomic E-state index is 0.956. The molecular weight excluding hydrogens is 372 g/mol. The maximum atomic E-state index is 5.54. The Labute approximate surface area is 177 Å². The monoisotopic (exact) mass is 400 g/mol. The van der Waals surface area contributed by atoms with Gasteiger partial charge in [0.2, 0.25) is 0 Å². The first-order valence-corrected chi connectivity index (χ1v) is 10.7. The molecule has 5 rings (SSSR count). The molecule has 0 aliphatic carbocycles. The number of hydrogen-bond donors (Lipinski definition) is 0. The number of imidazole rings is 1. The van der Waals surface area contributed by atoms with Gasteiger partial charge in [0, 0.05) is 51.6 Å². The highest BCUT2D eigenvalue weighted by molar-refractivity contribution is 6.04. The van der Waals surface area contributed by atoms with Gasteiger partial charge in [-0.1, -0.05) is 42.5 Å². The molecular formula is C25H28N4O. The highest BCUT2D eigenvalue weighted by atomic mass is 16.5. The summed E-state index contributed by atoms with van der Waals surface area (Å²) in [5.74, 6) is 2.12. The van der Waals surface area contributed by atoms with Crippen molar-refractivity contribution in [1.29, 1.82) is 0 Å². The van der Waals surface area contributed by atoms with Gasteiger partial charge in [0.15, 0.2) is 0 Å². The van der Waals surface area contributed by atoms with Crippen LogP contribution in [0.25, 0.3) is 21.8 Å². The summed E-state index contributed by atoms with van der Waals surface area (Å²) in [4.78, 5) is 9.91. The number of aromatic nitrogens is 2. The van der Waals surface area contributed by atoms with Gasteiger partial charge >= 0.3 is 0 Å². The number of piperazine rings is 1. The van der Waals surface area contributed by atoms with Crippen molar-refractivity contribution < 1.29 is 4.74 Å². The van der Waals surface area contributed by atoms with Crippen molar-refractivity contribution in [2.24, 2.45) is 7.05 Å². The van der Waals surface area contributed by atoms with E-state index >= 15 is 0 Å². The van der Waals surface area contributed by atoms with E-state index in [0.717, 1.165) is 56.2 Å². The number of ether oxygens (including phenoxy) is 1. The minimum absolute atomic E-state index is 0.956. The van der Waals surface area contributed by atoms with Crippen LogP contribution >= 0.6 is 0 Å². The number of para-hydroxylation sites is 2. The van der Waals surface area contributed by atoms with Crippen molar-refractivity contribution in [1.82, 2.24) is 14.5 Å². The molecule has 1 aromatic heterocycles. The third kappa shape index (κ3) is 3.39. The topological polar surface area (TPSA) is 33.5 Å². The molecule has 5 heteroatoms. The lowest BCUT2D eigenvalue weighted by molar-refractivity contribution is 0.258.